The van der Waals surface area contributed by atoms with Gasteiger partial charge in [0.15, 0.2) is 6.10 Å². The number of carbonyl (C=O) groups excluding carboxylic acids is 2. The van der Waals surface area contributed by atoms with Gasteiger partial charge in [0.1, 0.15) is 5.75 Å². The van der Waals surface area contributed by atoms with Gasteiger partial charge in [-0.1, -0.05) is 17.3 Å². The molecule has 1 aliphatic rings. The van der Waals surface area contributed by atoms with E-state index in [2.05, 4.69) is 5.16 Å². The van der Waals surface area contributed by atoms with Gasteiger partial charge in [0.2, 0.25) is 0 Å². The van der Waals surface area contributed by atoms with Crippen molar-refractivity contribution in [3.05, 3.63) is 29.3 Å². The van der Waals surface area contributed by atoms with E-state index in [0.717, 1.165) is 11.1 Å². The van der Waals surface area contributed by atoms with Crippen LogP contribution in [0.1, 0.15) is 24.5 Å². The number of ether oxygens (including phenoxy) is 1. The summed E-state index contributed by atoms with van der Waals surface area (Å²) < 4.78 is 5.56. The Hall–Kier alpha value is -2.57. The van der Waals surface area contributed by atoms with Gasteiger partial charge in [-0.25, -0.2) is 4.79 Å². The molecule has 0 heterocycles. The number of primary amides is 1. The van der Waals surface area contributed by atoms with E-state index in [0.29, 0.717) is 24.3 Å². The Morgan fingerprint density at radius 1 is 1.45 bits per heavy atom. The summed E-state index contributed by atoms with van der Waals surface area (Å²) in [5.74, 6) is -0.0718. The lowest BCUT2D eigenvalue weighted by Crippen LogP contribution is -2.42. The largest absolute Gasteiger partial charge is 0.481 e. The van der Waals surface area contributed by atoms with Gasteiger partial charge >= 0.3 is 6.03 Å². The lowest BCUT2D eigenvalue weighted by molar-refractivity contribution is -0.126. The summed E-state index contributed by atoms with van der Waals surface area (Å²) in [5.41, 5.74) is 7.18. The van der Waals surface area contributed by atoms with Crippen LogP contribution in [-0.4, -0.2) is 29.0 Å². The number of oxime groups is 1. The number of amides is 3. The number of carbonyl (C=O) groups is 2. The summed E-state index contributed by atoms with van der Waals surface area (Å²) in [6, 6.07) is 4.40. The van der Waals surface area contributed by atoms with Crippen LogP contribution in [0.25, 0.3) is 0 Å². The summed E-state index contributed by atoms with van der Waals surface area (Å²) in [4.78, 5) is 22.2. The standard InChI is InChI=1S/C13H15N3O4/c1-7(12(17)15-13(14)18)20-11-4-2-3-8-9(11)5-6-10(8)16-19/h2-4,7,19H,5-6H2,1H3,(H3,14,15,17,18). The van der Waals surface area contributed by atoms with E-state index in [1.54, 1.807) is 12.1 Å². The summed E-state index contributed by atoms with van der Waals surface area (Å²) >= 11 is 0. The Morgan fingerprint density at radius 2 is 2.20 bits per heavy atom. The predicted octanol–water partition coefficient (Wildman–Crippen LogP) is 0.773. The molecule has 1 aromatic rings. The Balaban J connectivity index is 2.17. The van der Waals surface area contributed by atoms with Gasteiger partial charge in [-0.3, -0.25) is 10.1 Å². The van der Waals surface area contributed by atoms with Gasteiger partial charge in [-0.05, 0) is 25.8 Å². The maximum absolute atomic E-state index is 11.6. The molecule has 0 fully saturated rings. The fourth-order valence-electron chi connectivity index (χ4n) is 2.15. The van der Waals surface area contributed by atoms with Gasteiger partial charge in [-0.15, -0.1) is 0 Å². The molecule has 7 nitrogen and oxygen atoms in total. The summed E-state index contributed by atoms with van der Waals surface area (Å²) in [6.07, 6.45) is 0.437. The van der Waals surface area contributed by atoms with Crippen LogP contribution < -0.4 is 15.8 Å². The van der Waals surface area contributed by atoms with Crippen LogP contribution in [0, 0.1) is 0 Å². The third kappa shape index (κ3) is 2.71. The zero-order valence-electron chi connectivity index (χ0n) is 10.9. The zero-order chi connectivity index (χ0) is 14.7. The number of imide groups is 1. The first-order valence-electron chi connectivity index (χ1n) is 6.13. The third-order valence-corrected chi connectivity index (χ3v) is 3.10. The van der Waals surface area contributed by atoms with Gasteiger partial charge in [0, 0.05) is 11.1 Å². The number of nitrogens with two attached hydrogens (primary N) is 1. The summed E-state index contributed by atoms with van der Waals surface area (Å²) in [5, 5.41) is 14.1. The van der Waals surface area contributed by atoms with Crippen molar-refractivity contribution in [2.45, 2.75) is 25.9 Å². The van der Waals surface area contributed by atoms with Crippen molar-refractivity contribution in [3.8, 4) is 5.75 Å². The normalized spacial score (nSPS) is 16.6. The first kappa shape index (κ1) is 13.9. The Bertz CT molecular complexity index is 583. The molecule has 1 aliphatic carbocycles. The Morgan fingerprint density at radius 3 is 2.85 bits per heavy atom. The maximum Gasteiger partial charge on any atom is 0.318 e. The molecule has 3 amide bonds. The van der Waals surface area contributed by atoms with E-state index in [1.807, 2.05) is 11.4 Å². The number of hydrogen-bond acceptors (Lipinski definition) is 5. The molecule has 0 aromatic heterocycles. The van der Waals surface area contributed by atoms with Crippen molar-refractivity contribution in [1.29, 1.82) is 0 Å². The molecule has 20 heavy (non-hydrogen) atoms. The molecular weight excluding hydrogens is 262 g/mol. The highest BCUT2D eigenvalue weighted by molar-refractivity contribution is 6.04. The molecule has 106 valence electrons. The van der Waals surface area contributed by atoms with Crippen molar-refractivity contribution in [1.82, 2.24) is 5.32 Å². The van der Waals surface area contributed by atoms with Gasteiger partial charge in [-0.2, -0.15) is 0 Å². The molecule has 0 spiro atoms. The highest BCUT2D eigenvalue weighted by atomic mass is 16.5. The minimum atomic E-state index is -0.918. The number of benzene rings is 1. The van der Waals surface area contributed by atoms with Crippen molar-refractivity contribution < 1.29 is 19.5 Å². The number of nitrogens with one attached hydrogen (secondary N) is 1. The highest BCUT2D eigenvalue weighted by Crippen LogP contribution is 2.31. The van der Waals surface area contributed by atoms with Crippen LogP contribution in [0.15, 0.2) is 23.4 Å². The fraction of sp³-hybridized carbons (Fsp3) is 0.308. The minimum absolute atomic E-state index is 0.535. The minimum Gasteiger partial charge on any atom is -0.481 e. The van der Waals surface area contributed by atoms with Crippen molar-refractivity contribution in [2.24, 2.45) is 10.9 Å². The molecule has 0 saturated heterocycles. The smallest absolute Gasteiger partial charge is 0.318 e. The molecule has 0 bridgehead atoms. The Labute approximate surface area is 115 Å². The monoisotopic (exact) mass is 277 g/mol. The van der Waals surface area contributed by atoms with Crippen LogP contribution in [0.2, 0.25) is 0 Å². The molecule has 0 radical (unpaired) electrons. The lowest BCUT2D eigenvalue weighted by atomic mass is 10.1. The second-order valence-electron chi connectivity index (χ2n) is 4.44. The first-order valence-corrected chi connectivity index (χ1v) is 6.13. The molecule has 0 saturated carbocycles. The van der Waals surface area contributed by atoms with E-state index in [9.17, 15) is 9.59 Å². The van der Waals surface area contributed by atoms with Crippen molar-refractivity contribution in [3.63, 3.8) is 0 Å². The van der Waals surface area contributed by atoms with Gasteiger partial charge in [0.05, 0.1) is 5.71 Å². The van der Waals surface area contributed by atoms with Crippen molar-refractivity contribution in [2.75, 3.05) is 0 Å². The van der Waals surface area contributed by atoms with Crippen LogP contribution >= 0.6 is 0 Å². The average molecular weight is 277 g/mol. The van der Waals surface area contributed by atoms with E-state index < -0.39 is 18.0 Å². The molecule has 2 rings (SSSR count). The number of rotatable bonds is 3. The van der Waals surface area contributed by atoms with Crippen LogP contribution in [0.4, 0.5) is 4.79 Å². The van der Waals surface area contributed by atoms with Crippen LogP contribution in [-0.2, 0) is 11.2 Å². The Kier molecular flexibility index (Phi) is 3.88. The summed E-state index contributed by atoms with van der Waals surface area (Å²) in [6.45, 7) is 1.52. The number of hydrogen-bond donors (Lipinski definition) is 3. The highest BCUT2D eigenvalue weighted by Gasteiger charge is 2.24. The molecular formula is C13H15N3O4. The topological polar surface area (TPSA) is 114 Å². The zero-order valence-corrected chi connectivity index (χ0v) is 10.9. The van der Waals surface area contributed by atoms with Crippen molar-refractivity contribution >= 4 is 17.6 Å². The third-order valence-electron chi connectivity index (χ3n) is 3.10. The van der Waals surface area contributed by atoms with E-state index in [1.165, 1.54) is 6.92 Å². The molecule has 1 atom stereocenters. The first-order chi connectivity index (χ1) is 9.52. The number of nitrogens with zero attached hydrogens (tertiary/aromatic N) is 1. The van der Waals surface area contributed by atoms with E-state index in [-0.39, 0.29) is 0 Å². The van der Waals surface area contributed by atoms with Gasteiger partial charge < -0.3 is 15.7 Å². The maximum atomic E-state index is 11.6. The van der Waals surface area contributed by atoms with Crippen LogP contribution in [0.5, 0.6) is 5.75 Å². The van der Waals surface area contributed by atoms with E-state index >= 15 is 0 Å². The SMILES string of the molecule is CC(Oc1cccc2c1CCC2=NO)C(=O)NC(N)=O. The molecule has 1 unspecified atom stereocenters. The lowest BCUT2D eigenvalue weighted by Gasteiger charge is -2.16. The average Bonchev–Trinajstić information content (AvgIpc) is 2.82. The molecule has 0 aliphatic heterocycles. The summed E-state index contributed by atoms with van der Waals surface area (Å²) in [7, 11) is 0. The van der Waals surface area contributed by atoms with Crippen LogP contribution in [0.3, 0.4) is 0 Å². The predicted molar refractivity (Wildman–Crippen MR) is 70.9 cm³/mol. The van der Waals surface area contributed by atoms with E-state index in [4.69, 9.17) is 15.7 Å². The number of fused-ring (bicyclic) bond motifs is 1. The fourth-order valence-corrected chi connectivity index (χ4v) is 2.15. The van der Waals surface area contributed by atoms with Gasteiger partial charge in [0.25, 0.3) is 5.91 Å². The molecule has 4 N–H and O–H groups in total. The second-order valence-corrected chi connectivity index (χ2v) is 4.44. The second kappa shape index (κ2) is 5.60. The molecule has 7 heteroatoms. The quantitative estimate of drug-likeness (QED) is 0.559. The molecule has 1 aromatic carbocycles. The number of urea groups is 1.